The van der Waals surface area contributed by atoms with E-state index in [1.165, 1.54) is 0 Å². The summed E-state index contributed by atoms with van der Waals surface area (Å²) < 4.78 is 4.68. The fourth-order valence-electron chi connectivity index (χ4n) is 10.3. The molecule has 0 aliphatic rings. The van der Waals surface area contributed by atoms with Gasteiger partial charge < -0.3 is 9.13 Å². The molecule has 3 aromatic heterocycles. The van der Waals surface area contributed by atoms with E-state index in [4.69, 9.17) is 15.0 Å². The number of para-hydroxylation sites is 2. The fourth-order valence-corrected chi connectivity index (χ4v) is 10.3. The zero-order valence-corrected chi connectivity index (χ0v) is 37.8. The standard InChI is InChI=1S/C64H40N6/c65-41-48-27-17-33-58(69-54-31-15-13-28-49(54)52-39-46(35-37-56(52)69)42-19-5-1-6-20-42)60(48)61-51(64-67-62(44-23-9-3-10-24-44)66-63(68-64)45-25-11-4-12-26-45)30-18-34-59(61)70-55-32-16-14-29-50(55)53-40-47(36-38-57(53)70)43-21-7-2-8-22-43/h1-40H. The molecule has 0 spiro atoms. The van der Waals surface area contributed by atoms with Crippen LogP contribution in [0.4, 0.5) is 0 Å². The van der Waals surface area contributed by atoms with Gasteiger partial charge in [0.1, 0.15) is 0 Å². The van der Waals surface area contributed by atoms with E-state index < -0.39 is 0 Å². The minimum atomic E-state index is 0.491. The maximum Gasteiger partial charge on any atom is 0.164 e. The van der Waals surface area contributed by atoms with Crippen LogP contribution in [0.5, 0.6) is 0 Å². The van der Waals surface area contributed by atoms with E-state index >= 15 is 0 Å². The maximum absolute atomic E-state index is 11.4. The van der Waals surface area contributed by atoms with E-state index in [9.17, 15) is 5.26 Å². The summed E-state index contributed by atoms with van der Waals surface area (Å²) in [5, 5.41) is 15.9. The Morgan fingerprint density at radius 3 is 1.19 bits per heavy atom. The second kappa shape index (κ2) is 16.9. The Morgan fingerprint density at radius 2 is 0.700 bits per heavy atom. The molecule has 13 rings (SSSR count). The number of nitrogens with zero attached hydrogens (tertiary/aromatic N) is 6. The van der Waals surface area contributed by atoms with Crippen LogP contribution in [0.25, 0.3) is 123 Å². The molecule has 3 heterocycles. The van der Waals surface area contributed by atoms with Gasteiger partial charge in [0.05, 0.1) is 45.1 Å². The zero-order valence-electron chi connectivity index (χ0n) is 37.8. The van der Waals surface area contributed by atoms with Crippen molar-refractivity contribution < 1.29 is 0 Å². The van der Waals surface area contributed by atoms with Crippen LogP contribution in [0.1, 0.15) is 5.56 Å². The zero-order chi connectivity index (χ0) is 46.5. The molecular formula is C64H40N6. The van der Waals surface area contributed by atoms with Crippen molar-refractivity contribution >= 4 is 43.6 Å². The molecule has 10 aromatic carbocycles. The molecule has 0 saturated heterocycles. The van der Waals surface area contributed by atoms with E-state index in [0.29, 0.717) is 23.0 Å². The molecular weight excluding hydrogens is 853 g/mol. The van der Waals surface area contributed by atoms with Crippen molar-refractivity contribution in [2.45, 2.75) is 0 Å². The van der Waals surface area contributed by atoms with E-state index in [1.807, 2.05) is 78.9 Å². The number of fused-ring (bicyclic) bond motifs is 6. The Balaban J connectivity index is 1.16. The molecule has 0 atom stereocenters. The van der Waals surface area contributed by atoms with E-state index in [2.05, 4.69) is 179 Å². The lowest BCUT2D eigenvalue weighted by Crippen LogP contribution is -2.07. The minimum absolute atomic E-state index is 0.491. The molecule has 0 saturated carbocycles. The lowest BCUT2D eigenvalue weighted by Gasteiger charge is -2.22. The van der Waals surface area contributed by atoms with Crippen LogP contribution in [-0.4, -0.2) is 24.1 Å². The molecule has 6 nitrogen and oxygen atoms in total. The van der Waals surface area contributed by atoms with Gasteiger partial charge in [-0.05, 0) is 76.9 Å². The van der Waals surface area contributed by atoms with Crippen molar-refractivity contribution in [1.82, 2.24) is 24.1 Å². The number of aromatic nitrogens is 5. The monoisotopic (exact) mass is 892 g/mol. The number of benzene rings is 10. The summed E-state index contributed by atoms with van der Waals surface area (Å²) in [4.78, 5) is 15.8. The fraction of sp³-hybridized carbons (Fsp3) is 0. The van der Waals surface area contributed by atoms with Crippen LogP contribution in [0.2, 0.25) is 0 Å². The smallest absolute Gasteiger partial charge is 0.164 e. The summed E-state index contributed by atoms with van der Waals surface area (Å²) in [5.74, 6) is 1.60. The number of hydrogen-bond donors (Lipinski definition) is 0. The first-order valence-corrected chi connectivity index (χ1v) is 23.4. The Hall–Kier alpha value is -9.70. The second-order valence-corrected chi connectivity index (χ2v) is 17.5. The SMILES string of the molecule is N#Cc1cccc(-n2c3ccccc3c3cc(-c4ccccc4)ccc32)c1-c1c(-c2nc(-c3ccccc3)nc(-c3ccccc3)n2)cccc1-n1c2ccccc2c2cc(-c3ccccc3)ccc21. The molecule has 0 aliphatic heterocycles. The highest BCUT2D eigenvalue weighted by atomic mass is 15.0. The molecule has 0 unspecified atom stereocenters. The molecule has 70 heavy (non-hydrogen) atoms. The Labute approximate surface area is 404 Å². The first-order valence-electron chi connectivity index (χ1n) is 23.4. The van der Waals surface area contributed by atoms with Gasteiger partial charge in [-0.2, -0.15) is 5.26 Å². The molecule has 0 N–H and O–H groups in total. The molecule has 0 fully saturated rings. The Morgan fingerprint density at radius 1 is 0.300 bits per heavy atom. The van der Waals surface area contributed by atoms with Crippen molar-refractivity contribution in [2.75, 3.05) is 0 Å². The summed E-state index contributed by atoms with van der Waals surface area (Å²) >= 11 is 0. The van der Waals surface area contributed by atoms with Gasteiger partial charge in [0.25, 0.3) is 0 Å². The minimum Gasteiger partial charge on any atom is -0.309 e. The van der Waals surface area contributed by atoms with Gasteiger partial charge in [-0.15, -0.1) is 0 Å². The summed E-state index contributed by atoms with van der Waals surface area (Å²) in [6, 6.07) is 86.8. The predicted molar refractivity (Wildman–Crippen MR) is 286 cm³/mol. The summed E-state index contributed by atoms with van der Waals surface area (Å²) in [6.07, 6.45) is 0. The predicted octanol–water partition coefficient (Wildman–Crippen LogP) is 15.9. The van der Waals surface area contributed by atoms with Crippen molar-refractivity contribution in [3.63, 3.8) is 0 Å². The van der Waals surface area contributed by atoms with Gasteiger partial charge in [0.2, 0.25) is 0 Å². The normalized spacial score (nSPS) is 11.4. The summed E-state index contributed by atoms with van der Waals surface area (Å²) in [7, 11) is 0. The van der Waals surface area contributed by atoms with Crippen LogP contribution in [0.15, 0.2) is 243 Å². The van der Waals surface area contributed by atoms with Crippen molar-refractivity contribution in [3.8, 4) is 85.0 Å². The lowest BCUT2D eigenvalue weighted by molar-refractivity contribution is 1.07. The van der Waals surface area contributed by atoms with Crippen LogP contribution < -0.4 is 0 Å². The van der Waals surface area contributed by atoms with Gasteiger partial charge in [0, 0.05) is 49.4 Å². The van der Waals surface area contributed by atoms with Gasteiger partial charge in [-0.3, -0.25) is 0 Å². The average molecular weight is 893 g/mol. The van der Waals surface area contributed by atoms with Crippen molar-refractivity contribution in [2.24, 2.45) is 0 Å². The van der Waals surface area contributed by atoms with Crippen LogP contribution in [-0.2, 0) is 0 Å². The number of hydrogen-bond acceptors (Lipinski definition) is 4. The van der Waals surface area contributed by atoms with Crippen molar-refractivity contribution in [3.05, 3.63) is 248 Å². The lowest BCUT2D eigenvalue weighted by atomic mass is 9.91. The highest BCUT2D eigenvalue weighted by molar-refractivity contribution is 6.13. The Kier molecular flexibility index (Phi) is 9.78. The molecule has 326 valence electrons. The molecule has 0 radical (unpaired) electrons. The average Bonchev–Trinajstić information content (AvgIpc) is 3.95. The van der Waals surface area contributed by atoms with Gasteiger partial charge >= 0.3 is 0 Å². The van der Waals surface area contributed by atoms with Gasteiger partial charge in [0.15, 0.2) is 17.5 Å². The van der Waals surface area contributed by atoms with Gasteiger partial charge in [-0.1, -0.05) is 188 Å². The second-order valence-electron chi connectivity index (χ2n) is 17.5. The Bertz CT molecular complexity index is 4110. The molecule has 6 heteroatoms. The number of nitriles is 1. The third-order valence-corrected chi connectivity index (χ3v) is 13.4. The summed E-state index contributed by atoms with van der Waals surface area (Å²) in [5.41, 5.74) is 15.0. The van der Waals surface area contributed by atoms with Gasteiger partial charge in [-0.25, -0.2) is 15.0 Å². The molecule has 13 aromatic rings. The third kappa shape index (κ3) is 6.76. The quantitative estimate of drug-likeness (QED) is 0.152. The number of rotatable bonds is 8. The van der Waals surface area contributed by atoms with E-state index in [1.54, 1.807) is 0 Å². The first-order chi connectivity index (χ1) is 34.7. The van der Waals surface area contributed by atoms with Crippen molar-refractivity contribution in [1.29, 1.82) is 5.26 Å². The third-order valence-electron chi connectivity index (χ3n) is 13.4. The molecule has 0 aliphatic carbocycles. The molecule has 0 amide bonds. The summed E-state index contributed by atoms with van der Waals surface area (Å²) in [6.45, 7) is 0. The van der Waals surface area contributed by atoms with Crippen LogP contribution in [0, 0.1) is 11.3 Å². The maximum atomic E-state index is 11.4. The highest BCUT2D eigenvalue weighted by Gasteiger charge is 2.27. The largest absolute Gasteiger partial charge is 0.309 e. The first kappa shape index (κ1) is 40.6. The highest BCUT2D eigenvalue weighted by Crippen LogP contribution is 2.46. The van der Waals surface area contributed by atoms with Crippen LogP contribution in [0.3, 0.4) is 0 Å². The van der Waals surface area contributed by atoms with E-state index in [-0.39, 0.29) is 0 Å². The van der Waals surface area contributed by atoms with Crippen LogP contribution >= 0.6 is 0 Å². The molecule has 0 bridgehead atoms. The topological polar surface area (TPSA) is 72.3 Å². The van der Waals surface area contributed by atoms with E-state index in [0.717, 1.165) is 105 Å².